The van der Waals surface area contributed by atoms with Crippen molar-refractivity contribution in [3.05, 3.63) is 29.8 Å². The number of hydrogen-bond acceptors (Lipinski definition) is 4. The number of nitrogens with one attached hydrogen (secondary N) is 3. The molecule has 31 heavy (non-hydrogen) atoms. The molecule has 7 nitrogen and oxygen atoms in total. The van der Waals surface area contributed by atoms with Crippen LogP contribution >= 0.6 is 24.0 Å². The molecule has 0 aliphatic carbocycles. The van der Waals surface area contributed by atoms with Crippen molar-refractivity contribution in [2.24, 2.45) is 4.99 Å². The largest absolute Gasteiger partial charge is 0.371 e. The number of hydrogen-bond donors (Lipinski definition) is 3. The standard InChI is InChI=1S/C22H39N5O2S.HI/c1-21(2,3)17-8-10-19(11-9-17)27-14-12-18(13-15-27)25-20(23-6)24-16-22(4,5)26-30(7,28)29;/h8-11,18,26H,12-16H2,1-7H3,(H2,23,24,25);1H. The van der Waals surface area contributed by atoms with Gasteiger partial charge in [-0.2, -0.15) is 0 Å². The topological polar surface area (TPSA) is 85.8 Å². The fourth-order valence-corrected chi connectivity index (χ4v) is 4.76. The molecule has 9 heteroatoms. The average Bonchev–Trinajstić information content (AvgIpc) is 2.63. The van der Waals surface area contributed by atoms with Gasteiger partial charge in [0.15, 0.2) is 5.96 Å². The summed E-state index contributed by atoms with van der Waals surface area (Å²) < 4.78 is 25.6. The van der Waals surface area contributed by atoms with Gasteiger partial charge in [0.2, 0.25) is 10.0 Å². The van der Waals surface area contributed by atoms with Crippen molar-refractivity contribution in [2.75, 3.05) is 37.8 Å². The Morgan fingerprint density at radius 3 is 2.10 bits per heavy atom. The molecule has 0 amide bonds. The minimum absolute atomic E-state index is 0. The van der Waals surface area contributed by atoms with Crippen molar-refractivity contribution in [1.29, 1.82) is 0 Å². The van der Waals surface area contributed by atoms with Crippen molar-refractivity contribution in [3.63, 3.8) is 0 Å². The molecule has 1 saturated heterocycles. The van der Waals surface area contributed by atoms with Gasteiger partial charge in [0, 0.05) is 44.0 Å². The molecule has 0 radical (unpaired) electrons. The summed E-state index contributed by atoms with van der Waals surface area (Å²) in [6, 6.07) is 9.26. The monoisotopic (exact) mass is 565 g/mol. The van der Waals surface area contributed by atoms with Gasteiger partial charge in [-0.3, -0.25) is 4.99 Å². The number of anilines is 1. The zero-order valence-electron chi connectivity index (χ0n) is 19.9. The molecular formula is C22H40IN5O2S. The normalized spacial score (nSPS) is 16.6. The molecule has 0 atom stereocenters. The van der Waals surface area contributed by atoms with E-state index in [1.165, 1.54) is 17.5 Å². The number of piperidine rings is 1. The summed E-state index contributed by atoms with van der Waals surface area (Å²) in [5.74, 6) is 0.700. The van der Waals surface area contributed by atoms with Crippen molar-refractivity contribution in [3.8, 4) is 0 Å². The van der Waals surface area contributed by atoms with Crippen molar-refractivity contribution >= 4 is 45.6 Å². The summed E-state index contributed by atoms with van der Waals surface area (Å²) in [5, 5.41) is 6.72. The van der Waals surface area contributed by atoms with Gasteiger partial charge in [0.25, 0.3) is 0 Å². The summed E-state index contributed by atoms with van der Waals surface area (Å²) >= 11 is 0. The zero-order chi connectivity index (χ0) is 22.6. The summed E-state index contributed by atoms with van der Waals surface area (Å²) in [6.45, 7) is 12.8. The number of guanidine groups is 1. The molecule has 1 fully saturated rings. The Morgan fingerprint density at radius 2 is 1.65 bits per heavy atom. The van der Waals surface area contributed by atoms with E-state index in [1.807, 2.05) is 13.8 Å². The highest BCUT2D eigenvalue weighted by Gasteiger charge is 2.24. The molecule has 0 saturated carbocycles. The van der Waals surface area contributed by atoms with Crippen LogP contribution in [0.1, 0.15) is 53.0 Å². The predicted molar refractivity (Wildman–Crippen MR) is 142 cm³/mol. The van der Waals surface area contributed by atoms with E-state index in [2.05, 4.69) is 70.3 Å². The first-order valence-corrected chi connectivity index (χ1v) is 12.5. The number of halogens is 1. The Hall–Kier alpha value is -1.07. The van der Waals surface area contributed by atoms with Crippen LogP contribution in [0, 0.1) is 0 Å². The number of rotatable bonds is 6. The van der Waals surface area contributed by atoms with E-state index in [0.29, 0.717) is 18.5 Å². The van der Waals surface area contributed by atoms with Crippen molar-refractivity contribution in [2.45, 2.75) is 64.5 Å². The number of sulfonamides is 1. The van der Waals surface area contributed by atoms with Crippen LogP contribution in [0.3, 0.4) is 0 Å². The van der Waals surface area contributed by atoms with Crippen LogP contribution in [-0.2, 0) is 15.4 Å². The molecule has 1 heterocycles. The van der Waals surface area contributed by atoms with Crippen molar-refractivity contribution in [1.82, 2.24) is 15.4 Å². The van der Waals surface area contributed by atoms with Gasteiger partial charge in [-0.1, -0.05) is 32.9 Å². The van der Waals surface area contributed by atoms with Crippen LogP contribution in [0.15, 0.2) is 29.3 Å². The first-order chi connectivity index (χ1) is 13.8. The summed E-state index contributed by atoms with van der Waals surface area (Å²) in [4.78, 5) is 6.73. The van der Waals surface area contributed by atoms with Crippen LogP contribution in [-0.4, -0.2) is 58.9 Å². The molecule has 0 unspecified atom stereocenters. The average molecular weight is 566 g/mol. The van der Waals surface area contributed by atoms with Crippen LogP contribution in [0.2, 0.25) is 0 Å². The zero-order valence-corrected chi connectivity index (χ0v) is 23.1. The van der Waals surface area contributed by atoms with Crippen LogP contribution in [0.5, 0.6) is 0 Å². The molecule has 1 aromatic rings. The van der Waals surface area contributed by atoms with Gasteiger partial charge in [0.05, 0.1) is 6.26 Å². The Labute approximate surface area is 205 Å². The van der Waals surface area contributed by atoms with Gasteiger partial charge in [0.1, 0.15) is 0 Å². The van der Waals surface area contributed by atoms with Gasteiger partial charge >= 0.3 is 0 Å². The molecule has 3 N–H and O–H groups in total. The maximum atomic E-state index is 11.5. The SMILES string of the molecule is CN=C(NCC(C)(C)NS(C)(=O)=O)NC1CCN(c2ccc(C(C)(C)C)cc2)CC1.I. The molecular weight excluding hydrogens is 525 g/mol. The minimum atomic E-state index is -3.26. The fraction of sp³-hybridized carbons (Fsp3) is 0.682. The Bertz CT molecular complexity index is 824. The number of benzene rings is 1. The number of aliphatic imine (C=N–C) groups is 1. The molecule has 0 spiro atoms. The van der Waals surface area contributed by atoms with Crippen LogP contribution < -0.4 is 20.3 Å². The van der Waals surface area contributed by atoms with E-state index in [0.717, 1.165) is 25.9 Å². The predicted octanol–water partition coefficient (Wildman–Crippen LogP) is 3.06. The molecule has 0 aromatic heterocycles. The van der Waals surface area contributed by atoms with Gasteiger partial charge in [-0.15, -0.1) is 24.0 Å². The Balaban J connectivity index is 0.00000480. The Morgan fingerprint density at radius 1 is 1.10 bits per heavy atom. The van der Waals surface area contributed by atoms with E-state index in [9.17, 15) is 8.42 Å². The van der Waals surface area contributed by atoms with E-state index < -0.39 is 15.6 Å². The molecule has 178 valence electrons. The van der Waals surface area contributed by atoms with Crippen LogP contribution in [0.25, 0.3) is 0 Å². The third-order valence-corrected chi connectivity index (χ3v) is 6.24. The van der Waals surface area contributed by atoms with Crippen molar-refractivity contribution < 1.29 is 8.42 Å². The number of nitrogens with zero attached hydrogens (tertiary/aromatic N) is 2. The first-order valence-electron chi connectivity index (χ1n) is 10.6. The molecule has 1 aliphatic heterocycles. The highest BCUT2D eigenvalue weighted by molar-refractivity contribution is 14.0. The second-order valence-corrected chi connectivity index (χ2v) is 11.6. The highest BCUT2D eigenvalue weighted by Crippen LogP contribution is 2.26. The molecule has 1 aliphatic rings. The Kier molecular flexibility index (Phi) is 10.1. The highest BCUT2D eigenvalue weighted by atomic mass is 127. The minimum Gasteiger partial charge on any atom is -0.371 e. The van der Waals surface area contributed by atoms with Gasteiger partial charge in [-0.05, 0) is 49.8 Å². The fourth-order valence-electron chi connectivity index (χ4n) is 3.68. The van der Waals surface area contributed by atoms with E-state index >= 15 is 0 Å². The smallest absolute Gasteiger partial charge is 0.209 e. The quantitative estimate of drug-likeness (QED) is 0.281. The summed E-state index contributed by atoms with van der Waals surface area (Å²) in [7, 11) is -1.53. The summed E-state index contributed by atoms with van der Waals surface area (Å²) in [6.07, 6.45) is 3.21. The lowest BCUT2D eigenvalue weighted by atomic mass is 9.87. The molecule has 1 aromatic carbocycles. The van der Waals surface area contributed by atoms with E-state index in [4.69, 9.17) is 0 Å². The van der Waals surface area contributed by atoms with E-state index in [1.54, 1.807) is 7.05 Å². The third-order valence-electron chi connectivity index (χ3n) is 5.32. The second-order valence-electron chi connectivity index (χ2n) is 9.89. The lowest BCUT2D eigenvalue weighted by Gasteiger charge is -2.35. The third kappa shape index (κ3) is 9.53. The lowest BCUT2D eigenvalue weighted by Crippen LogP contribution is -2.55. The first kappa shape index (κ1) is 28.0. The van der Waals surface area contributed by atoms with E-state index in [-0.39, 0.29) is 29.4 Å². The lowest BCUT2D eigenvalue weighted by molar-refractivity contribution is 0.434. The van der Waals surface area contributed by atoms with Crippen LogP contribution in [0.4, 0.5) is 5.69 Å². The molecule has 2 rings (SSSR count). The molecule has 0 bridgehead atoms. The maximum absolute atomic E-state index is 11.5. The second kappa shape index (κ2) is 11.2. The maximum Gasteiger partial charge on any atom is 0.209 e. The van der Waals surface area contributed by atoms with Gasteiger partial charge in [-0.25, -0.2) is 13.1 Å². The summed E-state index contributed by atoms with van der Waals surface area (Å²) in [5.41, 5.74) is 2.20. The van der Waals surface area contributed by atoms with Gasteiger partial charge < -0.3 is 15.5 Å².